The van der Waals surface area contributed by atoms with E-state index in [0.29, 0.717) is 18.0 Å². The Kier molecular flexibility index (Phi) is 5.12. The largest absolute Gasteiger partial charge is 0.480 e. The van der Waals surface area contributed by atoms with Crippen LogP contribution in [0, 0.1) is 23.2 Å². The molecule has 4 atom stereocenters. The van der Waals surface area contributed by atoms with E-state index in [1.165, 1.54) is 11.3 Å². The number of nitrogens with zero attached hydrogens (tertiary/aromatic N) is 1. The van der Waals surface area contributed by atoms with Crippen molar-refractivity contribution >= 4 is 23.6 Å². The molecule has 3 aliphatic rings. The lowest BCUT2D eigenvalue weighted by molar-refractivity contribution is -0.146. The summed E-state index contributed by atoms with van der Waals surface area (Å²) in [5.41, 5.74) is 6.76. The van der Waals surface area contributed by atoms with Gasteiger partial charge in [0.15, 0.2) is 0 Å². The van der Waals surface area contributed by atoms with Gasteiger partial charge in [0.1, 0.15) is 11.9 Å². The van der Waals surface area contributed by atoms with Gasteiger partial charge in [-0.05, 0) is 24.3 Å². The molecule has 0 radical (unpaired) electrons. The molecule has 2 aliphatic heterocycles. The lowest BCUT2D eigenvalue weighted by Gasteiger charge is -2.27. The molecule has 2 amide bonds. The van der Waals surface area contributed by atoms with Gasteiger partial charge in [-0.2, -0.15) is 0 Å². The number of nitrogen functional groups attached to an aromatic ring is 1. The number of carbonyl (C=O) groups excluding carboxylic acids is 2. The SMILES string of the molecule is N=C(N)c1ccc(C2NC(C(=O)O)C3C(=O)N(CC4CCCCC4)C(=O)C23)cc1. The maximum atomic E-state index is 13.2. The Hall–Kier alpha value is -2.74. The summed E-state index contributed by atoms with van der Waals surface area (Å²) in [7, 11) is 0. The molecule has 29 heavy (non-hydrogen) atoms. The van der Waals surface area contributed by atoms with Crippen LogP contribution in [0.1, 0.15) is 49.3 Å². The number of fused-ring (bicyclic) bond motifs is 1. The van der Waals surface area contributed by atoms with E-state index < -0.39 is 29.9 Å². The number of likely N-dealkylation sites (tertiary alicyclic amines) is 1. The molecule has 0 spiro atoms. The van der Waals surface area contributed by atoms with Gasteiger partial charge in [0.05, 0.1) is 11.8 Å². The fourth-order valence-corrected chi connectivity index (χ4v) is 5.08. The van der Waals surface area contributed by atoms with Crippen molar-refractivity contribution in [3.63, 3.8) is 0 Å². The highest BCUT2D eigenvalue weighted by Gasteiger charge is 2.61. The molecule has 5 N–H and O–H groups in total. The third kappa shape index (κ3) is 3.42. The topological polar surface area (TPSA) is 137 Å². The minimum Gasteiger partial charge on any atom is -0.480 e. The van der Waals surface area contributed by atoms with Crippen molar-refractivity contribution in [1.82, 2.24) is 10.2 Å². The predicted octanol–water partition coefficient (Wildman–Crippen LogP) is 1.25. The highest BCUT2D eigenvalue weighted by Crippen LogP contribution is 2.44. The third-order valence-electron chi connectivity index (χ3n) is 6.58. The third-order valence-corrected chi connectivity index (χ3v) is 6.58. The van der Waals surface area contributed by atoms with Crippen molar-refractivity contribution in [2.45, 2.75) is 44.2 Å². The van der Waals surface area contributed by atoms with E-state index in [-0.39, 0.29) is 17.6 Å². The zero-order valence-corrected chi connectivity index (χ0v) is 16.1. The van der Waals surface area contributed by atoms with Gasteiger partial charge in [-0.15, -0.1) is 0 Å². The number of hydrogen-bond donors (Lipinski definition) is 4. The van der Waals surface area contributed by atoms with Crippen LogP contribution in [0.4, 0.5) is 0 Å². The fraction of sp³-hybridized carbons (Fsp3) is 0.524. The van der Waals surface area contributed by atoms with E-state index >= 15 is 0 Å². The molecule has 2 saturated heterocycles. The smallest absolute Gasteiger partial charge is 0.321 e. The minimum absolute atomic E-state index is 0.0667. The first-order chi connectivity index (χ1) is 13.9. The van der Waals surface area contributed by atoms with Crippen LogP contribution in [0.2, 0.25) is 0 Å². The summed E-state index contributed by atoms with van der Waals surface area (Å²) in [6.45, 7) is 0.396. The van der Waals surface area contributed by atoms with Crippen molar-refractivity contribution in [3.8, 4) is 0 Å². The van der Waals surface area contributed by atoms with Gasteiger partial charge in [0.2, 0.25) is 11.8 Å². The predicted molar refractivity (Wildman–Crippen MR) is 105 cm³/mol. The van der Waals surface area contributed by atoms with Crippen molar-refractivity contribution in [3.05, 3.63) is 35.4 Å². The summed E-state index contributed by atoms with van der Waals surface area (Å²) in [5.74, 6) is -3.14. The number of rotatable bonds is 5. The van der Waals surface area contributed by atoms with Crippen LogP contribution >= 0.6 is 0 Å². The van der Waals surface area contributed by atoms with Crippen LogP contribution in [0.15, 0.2) is 24.3 Å². The number of amidine groups is 1. The molecule has 1 saturated carbocycles. The molecular weight excluding hydrogens is 372 g/mol. The van der Waals surface area contributed by atoms with E-state index in [4.69, 9.17) is 11.1 Å². The van der Waals surface area contributed by atoms with Gasteiger partial charge in [-0.3, -0.25) is 30.0 Å². The molecular formula is C21H26N4O4. The molecule has 0 bridgehead atoms. The fourth-order valence-electron chi connectivity index (χ4n) is 5.08. The zero-order valence-electron chi connectivity index (χ0n) is 16.1. The van der Waals surface area contributed by atoms with E-state index in [1.54, 1.807) is 24.3 Å². The standard InChI is InChI=1S/C21H26N4O4/c22-18(23)13-8-6-12(7-9-13)16-14-15(17(24-16)21(28)29)20(27)25(19(14)26)10-11-4-2-1-3-5-11/h6-9,11,14-17,24H,1-5,10H2,(H3,22,23)(H,28,29). The van der Waals surface area contributed by atoms with Gasteiger partial charge in [-0.1, -0.05) is 43.5 Å². The lowest BCUT2D eigenvalue weighted by atomic mass is 9.86. The normalized spacial score (nSPS) is 29.9. The molecule has 8 nitrogen and oxygen atoms in total. The molecule has 2 heterocycles. The minimum atomic E-state index is -1.12. The van der Waals surface area contributed by atoms with Crippen LogP contribution in [-0.2, 0) is 14.4 Å². The van der Waals surface area contributed by atoms with E-state index in [2.05, 4.69) is 5.32 Å². The Morgan fingerprint density at radius 2 is 1.72 bits per heavy atom. The monoisotopic (exact) mass is 398 g/mol. The number of carboxylic acid groups (broad SMARTS) is 1. The molecule has 3 fully saturated rings. The van der Waals surface area contributed by atoms with E-state index in [9.17, 15) is 19.5 Å². The zero-order chi connectivity index (χ0) is 20.7. The van der Waals surface area contributed by atoms with Crippen LogP contribution < -0.4 is 11.1 Å². The average molecular weight is 398 g/mol. The molecule has 4 unspecified atom stereocenters. The first kappa shape index (κ1) is 19.6. The van der Waals surface area contributed by atoms with E-state index in [0.717, 1.165) is 31.2 Å². The van der Waals surface area contributed by atoms with Crippen LogP contribution in [0.5, 0.6) is 0 Å². The average Bonchev–Trinajstić information content (AvgIpc) is 3.22. The van der Waals surface area contributed by atoms with Crippen LogP contribution in [0.3, 0.4) is 0 Å². The molecule has 4 rings (SSSR count). The van der Waals surface area contributed by atoms with E-state index in [1.807, 2.05) is 0 Å². The maximum Gasteiger partial charge on any atom is 0.321 e. The van der Waals surface area contributed by atoms with Crippen LogP contribution in [0.25, 0.3) is 0 Å². The van der Waals surface area contributed by atoms with Gasteiger partial charge in [0.25, 0.3) is 0 Å². The number of benzene rings is 1. The molecule has 154 valence electrons. The number of aliphatic carboxylic acids is 1. The Bertz CT molecular complexity index is 847. The van der Waals surface area contributed by atoms with Crippen LogP contribution in [-0.4, -0.2) is 46.2 Å². The second-order valence-corrected chi connectivity index (χ2v) is 8.34. The number of carbonyl (C=O) groups is 3. The Balaban J connectivity index is 1.62. The lowest BCUT2D eigenvalue weighted by Crippen LogP contribution is -2.44. The van der Waals surface area contributed by atoms with Gasteiger partial charge < -0.3 is 10.8 Å². The molecule has 1 aliphatic carbocycles. The summed E-state index contributed by atoms with van der Waals surface area (Å²) in [5, 5.41) is 20.2. The molecule has 8 heteroatoms. The Morgan fingerprint density at radius 1 is 1.10 bits per heavy atom. The number of nitrogens with one attached hydrogen (secondary N) is 2. The first-order valence-corrected chi connectivity index (χ1v) is 10.2. The van der Waals surface area contributed by atoms with Crippen molar-refractivity contribution in [1.29, 1.82) is 5.41 Å². The highest BCUT2D eigenvalue weighted by molar-refractivity contribution is 6.08. The van der Waals surface area contributed by atoms with Gasteiger partial charge >= 0.3 is 5.97 Å². The van der Waals surface area contributed by atoms with Crippen molar-refractivity contribution in [2.75, 3.05) is 6.54 Å². The summed E-state index contributed by atoms with van der Waals surface area (Å²) in [4.78, 5) is 39.4. The summed E-state index contributed by atoms with van der Waals surface area (Å²) in [6, 6.07) is 5.15. The maximum absolute atomic E-state index is 13.2. The number of nitrogens with two attached hydrogens (primary N) is 1. The number of imide groups is 1. The number of hydrogen-bond acceptors (Lipinski definition) is 5. The van der Waals surface area contributed by atoms with Gasteiger partial charge in [-0.25, -0.2) is 0 Å². The quantitative estimate of drug-likeness (QED) is 0.335. The number of amides is 2. The Labute approximate surface area is 169 Å². The first-order valence-electron chi connectivity index (χ1n) is 10.2. The van der Waals surface area contributed by atoms with Crippen molar-refractivity contribution < 1.29 is 19.5 Å². The molecule has 1 aromatic carbocycles. The second-order valence-electron chi connectivity index (χ2n) is 8.34. The van der Waals surface area contributed by atoms with Gasteiger partial charge in [0, 0.05) is 18.2 Å². The Morgan fingerprint density at radius 3 is 2.31 bits per heavy atom. The highest BCUT2D eigenvalue weighted by atomic mass is 16.4. The molecule has 0 aromatic heterocycles. The summed E-state index contributed by atoms with van der Waals surface area (Å²) in [6.07, 6.45) is 5.41. The summed E-state index contributed by atoms with van der Waals surface area (Å²) >= 11 is 0. The number of carboxylic acids is 1. The van der Waals surface area contributed by atoms with Crippen molar-refractivity contribution in [2.24, 2.45) is 23.5 Å². The summed E-state index contributed by atoms with van der Waals surface area (Å²) < 4.78 is 0. The second kappa shape index (κ2) is 7.59. The molecule has 1 aromatic rings.